The van der Waals surface area contributed by atoms with Crippen LogP contribution in [0.25, 0.3) is 5.69 Å². The molecule has 0 fully saturated rings. The number of aromatic nitrogens is 4. The molecule has 0 aliphatic heterocycles. The van der Waals surface area contributed by atoms with Gasteiger partial charge in [-0.05, 0) is 40.6 Å². The number of rotatable bonds is 4. The van der Waals surface area contributed by atoms with Crippen LogP contribution in [0.5, 0.6) is 0 Å². The summed E-state index contributed by atoms with van der Waals surface area (Å²) in [6.07, 6.45) is 0.622. The highest BCUT2D eigenvalue weighted by molar-refractivity contribution is 5.87. The standard InChI is InChI=1S/C19H19N5O2/c1-13(17-21-22-23-24(17)16-9-3-2-4-10-16)20-18(25)19(26)11-14-7-5-6-8-15(14)12-19/h2-10,13,26H,11-12H2,1H3,(H,20,25)/t13-/m1/s1. The molecule has 7 nitrogen and oxygen atoms in total. The van der Waals surface area contributed by atoms with Crippen molar-refractivity contribution in [1.29, 1.82) is 0 Å². The Balaban J connectivity index is 1.52. The van der Waals surface area contributed by atoms with Crippen LogP contribution in [-0.4, -0.2) is 36.8 Å². The Labute approximate surface area is 150 Å². The minimum absolute atomic E-state index is 0.311. The number of hydrogen-bond acceptors (Lipinski definition) is 5. The van der Waals surface area contributed by atoms with Gasteiger partial charge in [-0.1, -0.05) is 42.5 Å². The van der Waals surface area contributed by atoms with E-state index < -0.39 is 17.6 Å². The van der Waals surface area contributed by atoms with Gasteiger partial charge in [0.1, 0.15) is 0 Å². The van der Waals surface area contributed by atoms with E-state index in [-0.39, 0.29) is 0 Å². The molecule has 4 rings (SSSR count). The third-order valence-corrected chi connectivity index (χ3v) is 4.74. The molecule has 1 aromatic heterocycles. The summed E-state index contributed by atoms with van der Waals surface area (Å²) in [4.78, 5) is 12.8. The predicted molar refractivity (Wildman–Crippen MR) is 94.5 cm³/mol. The first-order valence-electron chi connectivity index (χ1n) is 8.51. The largest absolute Gasteiger partial charge is 0.379 e. The maximum Gasteiger partial charge on any atom is 0.253 e. The number of nitrogens with one attached hydrogen (secondary N) is 1. The number of amides is 1. The summed E-state index contributed by atoms with van der Waals surface area (Å²) in [5, 5.41) is 25.5. The summed E-state index contributed by atoms with van der Waals surface area (Å²) < 4.78 is 1.58. The van der Waals surface area contributed by atoms with Gasteiger partial charge in [0.05, 0.1) is 11.7 Å². The Morgan fingerprint density at radius 3 is 2.38 bits per heavy atom. The summed E-state index contributed by atoms with van der Waals surface area (Å²) in [7, 11) is 0. The van der Waals surface area contributed by atoms with Crippen molar-refractivity contribution in [3.63, 3.8) is 0 Å². The Morgan fingerprint density at radius 2 is 1.73 bits per heavy atom. The number of fused-ring (bicyclic) bond motifs is 1. The van der Waals surface area contributed by atoms with E-state index in [4.69, 9.17) is 0 Å². The number of tetrazole rings is 1. The first kappa shape index (κ1) is 16.4. The number of nitrogens with zero attached hydrogens (tertiary/aromatic N) is 4. The average Bonchev–Trinajstić information content (AvgIpc) is 3.26. The molecule has 2 aromatic carbocycles. The molecule has 1 aliphatic carbocycles. The molecular weight excluding hydrogens is 330 g/mol. The molecule has 26 heavy (non-hydrogen) atoms. The van der Waals surface area contributed by atoms with Crippen molar-refractivity contribution >= 4 is 5.91 Å². The van der Waals surface area contributed by atoms with Crippen molar-refractivity contribution < 1.29 is 9.90 Å². The van der Waals surface area contributed by atoms with Crippen LogP contribution in [0.1, 0.15) is 29.9 Å². The second kappa shape index (κ2) is 6.34. The minimum atomic E-state index is -1.44. The normalized spacial score (nSPS) is 16.1. The van der Waals surface area contributed by atoms with Crippen LogP contribution in [0.15, 0.2) is 54.6 Å². The van der Waals surface area contributed by atoms with Gasteiger partial charge >= 0.3 is 0 Å². The second-order valence-corrected chi connectivity index (χ2v) is 6.63. The fourth-order valence-electron chi connectivity index (χ4n) is 3.37. The molecule has 1 heterocycles. The molecule has 1 aliphatic rings. The van der Waals surface area contributed by atoms with E-state index in [1.165, 1.54) is 0 Å². The molecule has 0 unspecified atom stereocenters. The fourth-order valence-corrected chi connectivity index (χ4v) is 3.37. The SMILES string of the molecule is C[C@@H](NC(=O)C1(O)Cc2ccccc2C1)c1nnnn1-c1ccccc1. The molecule has 3 aromatic rings. The summed E-state index contributed by atoms with van der Waals surface area (Å²) >= 11 is 0. The van der Waals surface area contributed by atoms with Gasteiger partial charge in [0.15, 0.2) is 11.4 Å². The van der Waals surface area contributed by atoms with E-state index >= 15 is 0 Å². The van der Waals surface area contributed by atoms with E-state index in [0.29, 0.717) is 18.7 Å². The predicted octanol–water partition coefficient (Wildman–Crippen LogP) is 1.37. The number of aliphatic hydroxyl groups is 1. The summed E-state index contributed by atoms with van der Waals surface area (Å²) in [5.41, 5.74) is 1.38. The lowest BCUT2D eigenvalue weighted by molar-refractivity contribution is -0.139. The highest BCUT2D eigenvalue weighted by Gasteiger charge is 2.42. The van der Waals surface area contributed by atoms with Crippen LogP contribution in [0, 0.1) is 0 Å². The van der Waals surface area contributed by atoms with E-state index in [1.54, 1.807) is 11.6 Å². The van der Waals surface area contributed by atoms with E-state index in [9.17, 15) is 9.90 Å². The fraction of sp³-hybridized carbons (Fsp3) is 0.263. The van der Waals surface area contributed by atoms with Crippen molar-refractivity contribution in [3.8, 4) is 5.69 Å². The topological polar surface area (TPSA) is 92.9 Å². The third kappa shape index (κ3) is 2.86. The Morgan fingerprint density at radius 1 is 1.12 bits per heavy atom. The Bertz CT molecular complexity index is 913. The monoisotopic (exact) mass is 349 g/mol. The Kier molecular flexibility index (Phi) is 4.00. The van der Waals surface area contributed by atoms with E-state index in [2.05, 4.69) is 20.8 Å². The maximum absolute atomic E-state index is 12.8. The van der Waals surface area contributed by atoms with Gasteiger partial charge in [0.25, 0.3) is 5.91 Å². The quantitative estimate of drug-likeness (QED) is 0.742. The van der Waals surface area contributed by atoms with Crippen LogP contribution in [0.4, 0.5) is 0 Å². The second-order valence-electron chi connectivity index (χ2n) is 6.63. The summed E-state index contributed by atoms with van der Waals surface area (Å²) in [6.45, 7) is 1.80. The van der Waals surface area contributed by atoms with Gasteiger partial charge in [-0.25, -0.2) is 0 Å². The minimum Gasteiger partial charge on any atom is -0.379 e. The lowest BCUT2D eigenvalue weighted by atomic mass is 9.99. The van der Waals surface area contributed by atoms with Crippen LogP contribution in [0.2, 0.25) is 0 Å². The van der Waals surface area contributed by atoms with Crippen LogP contribution < -0.4 is 5.32 Å². The summed E-state index contributed by atoms with van der Waals surface area (Å²) in [6, 6.07) is 16.7. The van der Waals surface area contributed by atoms with Crippen molar-refractivity contribution in [1.82, 2.24) is 25.5 Å². The molecule has 0 saturated heterocycles. The number of para-hydroxylation sites is 1. The number of carbonyl (C=O) groups is 1. The molecule has 0 bridgehead atoms. The van der Waals surface area contributed by atoms with Crippen molar-refractivity contribution in [2.45, 2.75) is 31.4 Å². The van der Waals surface area contributed by atoms with Gasteiger partial charge in [-0.2, -0.15) is 4.68 Å². The highest BCUT2D eigenvalue weighted by Crippen LogP contribution is 2.30. The number of carbonyl (C=O) groups excluding carboxylic acids is 1. The third-order valence-electron chi connectivity index (χ3n) is 4.74. The zero-order valence-electron chi connectivity index (χ0n) is 14.3. The summed E-state index contributed by atoms with van der Waals surface area (Å²) in [5.74, 6) is 0.0903. The zero-order valence-corrected chi connectivity index (χ0v) is 14.3. The van der Waals surface area contributed by atoms with Crippen molar-refractivity contribution in [2.24, 2.45) is 0 Å². The first-order valence-corrected chi connectivity index (χ1v) is 8.51. The smallest absolute Gasteiger partial charge is 0.253 e. The molecule has 0 spiro atoms. The zero-order chi connectivity index (χ0) is 18.1. The maximum atomic E-state index is 12.8. The highest BCUT2D eigenvalue weighted by atomic mass is 16.3. The van der Waals surface area contributed by atoms with Gasteiger partial charge < -0.3 is 10.4 Å². The molecule has 0 saturated carbocycles. The molecule has 2 N–H and O–H groups in total. The lowest BCUT2D eigenvalue weighted by Crippen LogP contribution is -2.48. The van der Waals surface area contributed by atoms with Gasteiger partial charge in [0, 0.05) is 12.8 Å². The van der Waals surface area contributed by atoms with Gasteiger partial charge in [-0.15, -0.1) is 5.10 Å². The van der Waals surface area contributed by atoms with Crippen molar-refractivity contribution in [3.05, 3.63) is 71.5 Å². The molecule has 1 amide bonds. The van der Waals surface area contributed by atoms with Crippen LogP contribution >= 0.6 is 0 Å². The Hall–Kier alpha value is -3.06. The van der Waals surface area contributed by atoms with Gasteiger partial charge in [-0.3, -0.25) is 4.79 Å². The van der Waals surface area contributed by atoms with Gasteiger partial charge in [0.2, 0.25) is 0 Å². The molecule has 0 radical (unpaired) electrons. The first-order chi connectivity index (χ1) is 12.6. The molecule has 1 atom stereocenters. The van der Waals surface area contributed by atoms with E-state index in [0.717, 1.165) is 16.8 Å². The van der Waals surface area contributed by atoms with Crippen LogP contribution in [-0.2, 0) is 17.6 Å². The van der Waals surface area contributed by atoms with Crippen molar-refractivity contribution in [2.75, 3.05) is 0 Å². The molecular formula is C19H19N5O2. The lowest BCUT2D eigenvalue weighted by Gasteiger charge is -2.23. The number of benzene rings is 2. The molecule has 7 heteroatoms. The molecule has 132 valence electrons. The number of hydrogen-bond donors (Lipinski definition) is 2. The van der Waals surface area contributed by atoms with Crippen LogP contribution in [0.3, 0.4) is 0 Å². The van der Waals surface area contributed by atoms with E-state index in [1.807, 2.05) is 54.6 Å². The average molecular weight is 349 g/mol.